The van der Waals surface area contributed by atoms with Gasteiger partial charge in [-0.3, -0.25) is 0 Å². The number of fused-ring (bicyclic) bond motifs is 1. The van der Waals surface area contributed by atoms with Gasteiger partial charge < -0.3 is 24.4 Å². The molecule has 1 aromatic carbocycles. The number of anilines is 1. The zero-order valence-electron chi connectivity index (χ0n) is 12.9. The van der Waals surface area contributed by atoms with Crippen LogP contribution >= 0.6 is 0 Å². The molecule has 3 rings (SSSR count). The molecule has 2 aromatic heterocycles. The number of carbonyl (C=O) groups excluding carboxylic acids is 1. The summed E-state index contributed by atoms with van der Waals surface area (Å²) >= 11 is 0. The molecule has 0 aliphatic heterocycles. The fourth-order valence-electron chi connectivity index (χ4n) is 2.43. The predicted octanol–water partition coefficient (Wildman–Crippen LogP) is 3.44. The van der Waals surface area contributed by atoms with E-state index in [-0.39, 0.29) is 6.03 Å². The Hall–Kier alpha value is -2.73. The van der Waals surface area contributed by atoms with Gasteiger partial charge in [0.2, 0.25) is 0 Å². The fourth-order valence-corrected chi connectivity index (χ4v) is 2.43. The Bertz CT molecular complexity index is 764. The summed E-state index contributed by atoms with van der Waals surface area (Å²) in [6.45, 7) is 1.33. The Labute approximate surface area is 134 Å². The van der Waals surface area contributed by atoms with E-state index in [9.17, 15) is 4.79 Å². The van der Waals surface area contributed by atoms with Crippen LogP contribution in [0.15, 0.2) is 53.3 Å². The van der Waals surface area contributed by atoms with Crippen molar-refractivity contribution in [2.75, 3.05) is 25.6 Å². The van der Waals surface area contributed by atoms with E-state index in [0.717, 1.165) is 22.4 Å². The average Bonchev–Trinajstić information content (AvgIpc) is 3.23. The van der Waals surface area contributed by atoms with Crippen molar-refractivity contribution in [1.29, 1.82) is 0 Å². The third-order valence-corrected chi connectivity index (χ3v) is 3.62. The summed E-state index contributed by atoms with van der Waals surface area (Å²) in [4.78, 5) is 17.4. The summed E-state index contributed by atoms with van der Waals surface area (Å²) < 4.78 is 10.4. The highest BCUT2D eigenvalue weighted by Gasteiger charge is 2.16. The lowest BCUT2D eigenvalue weighted by atomic mass is 10.2. The molecular weight excluding hydrogens is 294 g/mol. The first kappa shape index (κ1) is 15.2. The Balaban J connectivity index is 1.75. The molecule has 2 N–H and O–H groups in total. The lowest BCUT2D eigenvalue weighted by Gasteiger charge is -2.22. The number of aromatic nitrogens is 1. The summed E-state index contributed by atoms with van der Waals surface area (Å²) in [7, 11) is 1.61. The second kappa shape index (κ2) is 7.02. The topological polar surface area (TPSA) is 70.5 Å². The van der Waals surface area contributed by atoms with Gasteiger partial charge in [-0.2, -0.15) is 0 Å². The normalized spacial score (nSPS) is 10.8. The van der Waals surface area contributed by atoms with Crippen molar-refractivity contribution in [1.82, 2.24) is 9.88 Å². The summed E-state index contributed by atoms with van der Waals surface area (Å²) in [6, 6.07) is 11.2. The summed E-state index contributed by atoms with van der Waals surface area (Å²) in [6.07, 6.45) is 3.45. The quantitative estimate of drug-likeness (QED) is 0.732. The fraction of sp³-hybridized carbons (Fsp3) is 0.235. The van der Waals surface area contributed by atoms with Crippen LogP contribution in [-0.4, -0.2) is 36.2 Å². The van der Waals surface area contributed by atoms with Crippen molar-refractivity contribution >= 4 is 22.6 Å². The standard InChI is InChI=1S/C17H19N3O3/c1-22-11-9-20(12-13-4-3-10-23-13)17(21)19-16-6-2-5-15-14(16)7-8-18-15/h2-8,10,18H,9,11-12H2,1H3,(H,19,21). The number of H-pyrrole nitrogens is 1. The largest absolute Gasteiger partial charge is 0.467 e. The maximum atomic E-state index is 12.6. The van der Waals surface area contributed by atoms with Gasteiger partial charge in [-0.25, -0.2) is 4.79 Å². The van der Waals surface area contributed by atoms with Crippen LogP contribution in [0.3, 0.4) is 0 Å². The number of nitrogens with one attached hydrogen (secondary N) is 2. The second-order valence-electron chi connectivity index (χ2n) is 5.17. The highest BCUT2D eigenvalue weighted by atomic mass is 16.5. The molecule has 0 atom stereocenters. The Morgan fingerprint density at radius 2 is 2.22 bits per heavy atom. The van der Waals surface area contributed by atoms with E-state index in [1.807, 2.05) is 42.6 Å². The average molecular weight is 313 g/mol. The number of ether oxygens (including phenoxy) is 1. The number of methoxy groups -OCH3 is 1. The number of nitrogens with zero attached hydrogens (tertiary/aromatic N) is 1. The Kier molecular flexibility index (Phi) is 4.63. The van der Waals surface area contributed by atoms with Crippen LogP contribution < -0.4 is 5.32 Å². The van der Waals surface area contributed by atoms with Crippen molar-refractivity contribution in [3.63, 3.8) is 0 Å². The van der Waals surface area contributed by atoms with Gasteiger partial charge in [-0.1, -0.05) is 6.07 Å². The lowest BCUT2D eigenvalue weighted by molar-refractivity contribution is 0.149. The number of rotatable bonds is 6. The summed E-state index contributed by atoms with van der Waals surface area (Å²) in [5.74, 6) is 0.733. The molecule has 0 aliphatic rings. The number of aromatic amines is 1. The molecule has 2 amide bonds. The molecule has 23 heavy (non-hydrogen) atoms. The summed E-state index contributed by atoms with van der Waals surface area (Å²) in [5, 5.41) is 3.94. The van der Waals surface area contributed by atoms with Gasteiger partial charge in [0.05, 0.1) is 25.1 Å². The van der Waals surface area contributed by atoms with E-state index < -0.39 is 0 Å². The predicted molar refractivity (Wildman–Crippen MR) is 88.3 cm³/mol. The monoisotopic (exact) mass is 313 g/mol. The number of hydrogen-bond donors (Lipinski definition) is 2. The zero-order chi connectivity index (χ0) is 16.1. The van der Waals surface area contributed by atoms with Crippen LogP contribution in [0.25, 0.3) is 10.9 Å². The highest BCUT2D eigenvalue weighted by Crippen LogP contribution is 2.22. The minimum Gasteiger partial charge on any atom is -0.467 e. The number of urea groups is 1. The molecule has 0 spiro atoms. The van der Waals surface area contributed by atoms with Crippen LogP contribution in [-0.2, 0) is 11.3 Å². The van der Waals surface area contributed by atoms with E-state index >= 15 is 0 Å². The second-order valence-corrected chi connectivity index (χ2v) is 5.17. The number of benzene rings is 1. The van der Waals surface area contributed by atoms with Gasteiger partial charge >= 0.3 is 6.03 Å². The molecular formula is C17H19N3O3. The molecule has 0 radical (unpaired) electrons. The number of hydrogen-bond acceptors (Lipinski definition) is 3. The molecule has 0 aliphatic carbocycles. The smallest absolute Gasteiger partial charge is 0.322 e. The lowest BCUT2D eigenvalue weighted by Crippen LogP contribution is -2.36. The molecule has 3 aromatic rings. The van der Waals surface area contributed by atoms with Crippen molar-refractivity contribution in [2.45, 2.75) is 6.54 Å². The van der Waals surface area contributed by atoms with Gasteiger partial charge in [-0.05, 0) is 30.3 Å². The highest BCUT2D eigenvalue weighted by molar-refractivity contribution is 6.00. The molecule has 2 heterocycles. The summed E-state index contributed by atoms with van der Waals surface area (Å²) in [5.41, 5.74) is 1.76. The van der Waals surface area contributed by atoms with Gasteiger partial charge in [-0.15, -0.1) is 0 Å². The van der Waals surface area contributed by atoms with Crippen LogP contribution in [0, 0.1) is 0 Å². The van der Waals surface area contributed by atoms with E-state index in [2.05, 4.69) is 10.3 Å². The van der Waals surface area contributed by atoms with E-state index in [0.29, 0.717) is 19.7 Å². The maximum absolute atomic E-state index is 12.6. The minimum atomic E-state index is -0.188. The van der Waals surface area contributed by atoms with E-state index in [1.54, 1.807) is 18.3 Å². The van der Waals surface area contributed by atoms with E-state index in [4.69, 9.17) is 9.15 Å². The first-order chi connectivity index (χ1) is 11.3. The van der Waals surface area contributed by atoms with Crippen molar-refractivity contribution in [3.8, 4) is 0 Å². The molecule has 0 saturated heterocycles. The number of carbonyl (C=O) groups is 1. The molecule has 0 fully saturated rings. The Morgan fingerprint density at radius 1 is 1.30 bits per heavy atom. The molecule has 0 unspecified atom stereocenters. The molecule has 0 saturated carbocycles. The first-order valence-corrected chi connectivity index (χ1v) is 7.41. The molecule has 6 heteroatoms. The van der Waals surface area contributed by atoms with E-state index in [1.165, 1.54) is 0 Å². The molecule has 0 bridgehead atoms. The SMILES string of the molecule is COCCN(Cc1ccco1)C(=O)Nc1cccc2[nH]ccc12. The van der Waals surface area contributed by atoms with Gasteiger partial charge in [0.25, 0.3) is 0 Å². The zero-order valence-corrected chi connectivity index (χ0v) is 12.9. The van der Waals surface area contributed by atoms with Crippen LogP contribution in [0.2, 0.25) is 0 Å². The number of furan rings is 1. The van der Waals surface area contributed by atoms with Gasteiger partial charge in [0.15, 0.2) is 0 Å². The maximum Gasteiger partial charge on any atom is 0.322 e. The Morgan fingerprint density at radius 3 is 3.00 bits per heavy atom. The van der Waals surface area contributed by atoms with Crippen LogP contribution in [0.1, 0.15) is 5.76 Å². The number of amides is 2. The first-order valence-electron chi connectivity index (χ1n) is 7.41. The van der Waals surface area contributed by atoms with Gasteiger partial charge in [0, 0.05) is 30.8 Å². The van der Waals surface area contributed by atoms with Crippen LogP contribution in [0.4, 0.5) is 10.5 Å². The minimum absolute atomic E-state index is 0.188. The van der Waals surface area contributed by atoms with Crippen molar-refractivity contribution in [3.05, 3.63) is 54.6 Å². The van der Waals surface area contributed by atoms with Crippen molar-refractivity contribution < 1.29 is 13.9 Å². The molecule has 6 nitrogen and oxygen atoms in total. The third kappa shape index (κ3) is 3.54. The van der Waals surface area contributed by atoms with Gasteiger partial charge in [0.1, 0.15) is 5.76 Å². The van der Waals surface area contributed by atoms with Crippen LogP contribution in [0.5, 0.6) is 0 Å². The third-order valence-electron chi connectivity index (χ3n) is 3.62. The van der Waals surface area contributed by atoms with Crippen molar-refractivity contribution in [2.24, 2.45) is 0 Å². The molecule has 120 valence electrons.